The Hall–Kier alpha value is -0.820. The Labute approximate surface area is 99.3 Å². The van der Waals surface area contributed by atoms with Crippen molar-refractivity contribution in [3.63, 3.8) is 0 Å². The minimum absolute atomic E-state index is 0.781. The van der Waals surface area contributed by atoms with Gasteiger partial charge in [-0.2, -0.15) is 0 Å². The zero-order chi connectivity index (χ0) is 11.5. The van der Waals surface area contributed by atoms with Crippen molar-refractivity contribution >= 4 is 0 Å². The van der Waals surface area contributed by atoms with Crippen LogP contribution in [0, 0.1) is 17.8 Å². The highest BCUT2D eigenvalue weighted by atomic mass is 14.8. The zero-order valence-corrected chi connectivity index (χ0v) is 10.6. The molecule has 1 aliphatic carbocycles. The molecule has 1 aromatic carbocycles. The van der Waals surface area contributed by atoms with Crippen LogP contribution in [0.2, 0.25) is 0 Å². The third-order valence-electron chi connectivity index (χ3n) is 4.17. The van der Waals surface area contributed by atoms with Gasteiger partial charge in [0, 0.05) is 0 Å². The molecule has 4 unspecified atom stereocenters. The van der Waals surface area contributed by atoms with Gasteiger partial charge in [0.1, 0.15) is 0 Å². The van der Waals surface area contributed by atoms with Gasteiger partial charge < -0.3 is 5.32 Å². The molecule has 0 heterocycles. The average Bonchev–Trinajstić information content (AvgIpc) is 3.09. The smallest absolute Gasteiger partial charge is 0.00235 e. The highest BCUT2D eigenvalue weighted by Gasteiger charge is 2.43. The SMILES string of the molecule is CNCC(C)C(C)C1CC1c1ccccc1. The fourth-order valence-electron chi connectivity index (χ4n) is 2.81. The third-order valence-corrected chi connectivity index (χ3v) is 4.17. The second-order valence-corrected chi connectivity index (χ2v) is 5.31. The molecule has 1 fully saturated rings. The van der Waals surface area contributed by atoms with Crippen molar-refractivity contribution < 1.29 is 0 Å². The maximum absolute atomic E-state index is 3.29. The molecule has 88 valence electrons. The quantitative estimate of drug-likeness (QED) is 0.798. The standard InChI is InChI=1S/C15H23N/c1-11(10-16-3)12(2)14-9-15(14)13-7-5-4-6-8-13/h4-8,11-12,14-16H,9-10H2,1-3H3. The number of nitrogens with one attached hydrogen (secondary N) is 1. The van der Waals surface area contributed by atoms with E-state index < -0.39 is 0 Å². The molecular weight excluding hydrogens is 194 g/mol. The molecule has 16 heavy (non-hydrogen) atoms. The molecule has 2 rings (SSSR count). The summed E-state index contributed by atoms with van der Waals surface area (Å²) in [6.45, 7) is 5.91. The molecule has 0 aromatic heterocycles. The van der Waals surface area contributed by atoms with E-state index >= 15 is 0 Å². The van der Waals surface area contributed by atoms with Crippen LogP contribution in [-0.2, 0) is 0 Å². The summed E-state index contributed by atoms with van der Waals surface area (Å²) in [7, 11) is 2.05. The van der Waals surface area contributed by atoms with Gasteiger partial charge in [0.05, 0.1) is 0 Å². The molecule has 1 heteroatoms. The summed E-state index contributed by atoms with van der Waals surface area (Å²) >= 11 is 0. The molecule has 4 atom stereocenters. The summed E-state index contributed by atoms with van der Waals surface area (Å²) in [6, 6.07) is 11.0. The molecule has 1 aromatic rings. The lowest BCUT2D eigenvalue weighted by atomic mass is 9.89. The molecule has 0 bridgehead atoms. The van der Waals surface area contributed by atoms with Crippen LogP contribution < -0.4 is 5.32 Å². The monoisotopic (exact) mass is 217 g/mol. The summed E-state index contributed by atoms with van der Waals surface area (Å²) in [5, 5.41) is 3.29. The van der Waals surface area contributed by atoms with Gasteiger partial charge in [-0.15, -0.1) is 0 Å². The van der Waals surface area contributed by atoms with Crippen molar-refractivity contribution in [3.8, 4) is 0 Å². The first-order valence-corrected chi connectivity index (χ1v) is 6.43. The summed E-state index contributed by atoms with van der Waals surface area (Å²) in [5.41, 5.74) is 1.54. The highest BCUT2D eigenvalue weighted by molar-refractivity contribution is 5.26. The molecule has 0 spiro atoms. The van der Waals surface area contributed by atoms with E-state index in [0.717, 1.165) is 30.2 Å². The van der Waals surface area contributed by atoms with Crippen molar-refractivity contribution in [2.75, 3.05) is 13.6 Å². The summed E-state index contributed by atoms with van der Waals surface area (Å²) in [6.07, 6.45) is 1.39. The van der Waals surface area contributed by atoms with E-state index in [1.54, 1.807) is 0 Å². The molecule has 1 N–H and O–H groups in total. The average molecular weight is 217 g/mol. The zero-order valence-electron chi connectivity index (χ0n) is 10.6. The van der Waals surface area contributed by atoms with Crippen LogP contribution in [0.3, 0.4) is 0 Å². The maximum atomic E-state index is 3.29. The lowest BCUT2D eigenvalue weighted by Gasteiger charge is -2.19. The second-order valence-electron chi connectivity index (χ2n) is 5.31. The van der Waals surface area contributed by atoms with Gasteiger partial charge in [-0.3, -0.25) is 0 Å². The van der Waals surface area contributed by atoms with Crippen LogP contribution in [-0.4, -0.2) is 13.6 Å². The molecule has 1 saturated carbocycles. The largest absolute Gasteiger partial charge is 0.319 e. The van der Waals surface area contributed by atoms with Crippen molar-refractivity contribution in [2.45, 2.75) is 26.2 Å². The topological polar surface area (TPSA) is 12.0 Å². The number of rotatable bonds is 5. The Morgan fingerprint density at radius 1 is 1.25 bits per heavy atom. The number of hydrogen-bond acceptors (Lipinski definition) is 1. The van der Waals surface area contributed by atoms with Gasteiger partial charge in [0.15, 0.2) is 0 Å². The van der Waals surface area contributed by atoms with Crippen molar-refractivity contribution in [1.82, 2.24) is 5.32 Å². The lowest BCUT2D eigenvalue weighted by molar-refractivity contribution is 0.333. The summed E-state index contributed by atoms with van der Waals surface area (Å²) in [4.78, 5) is 0. The van der Waals surface area contributed by atoms with Crippen LogP contribution in [0.15, 0.2) is 30.3 Å². The normalized spacial score (nSPS) is 27.4. The van der Waals surface area contributed by atoms with Crippen LogP contribution in [0.4, 0.5) is 0 Å². The van der Waals surface area contributed by atoms with E-state index in [9.17, 15) is 0 Å². The van der Waals surface area contributed by atoms with Crippen molar-refractivity contribution in [2.24, 2.45) is 17.8 Å². The highest BCUT2D eigenvalue weighted by Crippen LogP contribution is 2.53. The molecule has 1 nitrogen and oxygen atoms in total. The Morgan fingerprint density at radius 2 is 1.94 bits per heavy atom. The fraction of sp³-hybridized carbons (Fsp3) is 0.600. The Bertz CT molecular complexity index is 319. The summed E-state index contributed by atoms with van der Waals surface area (Å²) < 4.78 is 0. The predicted octanol–water partition coefficient (Wildman–Crippen LogP) is 3.28. The minimum Gasteiger partial charge on any atom is -0.319 e. The first-order chi connectivity index (χ1) is 7.74. The molecular formula is C15H23N. The van der Waals surface area contributed by atoms with E-state index in [2.05, 4.69) is 49.5 Å². The van der Waals surface area contributed by atoms with E-state index in [0.29, 0.717) is 0 Å². The maximum Gasteiger partial charge on any atom is -0.00235 e. The lowest BCUT2D eigenvalue weighted by Crippen LogP contribution is -2.23. The van der Waals surface area contributed by atoms with Crippen LogP contribution in [0.25, 0.3) is 0 Å². The Morgan fingerprint density at radius 3 is 2.56 bits per heavy atom. The molecule has 0 amide bonds. The van der Waals surface area contributed by atoms with Gasteiger partial charge in [-0.25, -0.2) is 0 Å². The van der Waals surface area contributed by atoms with Gasteiger partial charge in [0.25, 0.3) is 0 Å². The first-order valence-electron chi connectivity index (χ1n) is 6.43. The van der Waals surface area contributed by atoms with Crippen LogP contribution in [0.1, 0.15) is 31.7 Å². The van der Waals surface area contributed by atoms with Gasteiger partial charge in [0.2, 0.25) is 0 Å². The molecule has 0 saturated heterocycles. The Kier molecular flexibility index (Phi) is 3.65. The van der Waals surface area contributed by atoms with E-state index in [4.69, 9.17) is 0 Å². The van der Waals surface area contributed by atoms with Crippen molar-refractivity contribution in [3.05, 3.63) is 35.9 Å². The minimum atomic E-state index is 0.781. The van der Waals surface area contributed by atoms with Gasteiger partial charge in [-0.05, 0) is 49.2 Å². The summed E-state index contributed by atoms with van der Waals surface area (Å²) in [5.74, 6) is 3.35. The Balaban J connectivity index is 1.91. The molecule has 1 aliphatic rings. The predicted molar refractivity (Wildman–Crippen MR) is 69.5 cm³/mol. The fourth-order valence-corrected chi connectivity index (χ4v) is 2.81. The molecule has 0 radical (unpaired) electrons. The van der Waals surface area contributed by atoms with E-state index in [1.165, 1.54) is 12.0 Å². The van der Waals surface area contributed by atoms with Crippen LogP contribution in [0.5, 0.6) is 0 Å². The van der Waals surface area contributed by atoms with E-state index in [-0.39, 0.29) is 0 Å². The van der Waals surface area contributed by atoms with Gasteiger partial charge >= 0.3 is 0 Å². The van der Waals surface area contributed by atoms with E-state index in [1.807, 2.05) is 7.05 Å². The molecule has 0 aliphatic heterocycles. The third kappa shape index (κ3) is 2.46. The van der Waals surface area contributed by atoms with Gasteiger partial charge in [-0.1, -0.05) is 44.2 Å². The second kappa shape index (κ2) is 5.01. The first kappa shape index (κ1) is 11.7. The van der Waals surface area contributed by atoms with Crippen LogP contribution >= 0.6 is 0 Å². The number of benzene rings is 1. The number of hydrogen-bond donors (Lipinski definition) is 1. The van der Waals surface area contributed by atoms with Crippen molar-refractivity contribution in [1.29, 1.82) is 0 Å².